The number of hydrogen-bond acceptors (Lipinski definition) is 3. The van der Waals surface area contributed by atoms with Gasteiger partial charge in [0.25, 0.3) is 0 Å². The van der Waals surface area contributed by atoms with Gasteiger partial charge in [0.2, 0.25) is 0 Å². The van der Waals surface area contributed by atoms with Crippen molar-refractivity contribution in [3.05, 3.63) is 58.9 Å². The molecule has 1 aliphatic heterocycles. The maximum absolute atomic E-state index is 6.50. The highest BCUT2D eigenvalue weighted by molar-refractivity contribution is 6.33. The molecular formula is C16H13ClN4. The summed E-state index contributed by atoms with van der Waals surface area (Å²) in [5.41, 5.74) is 4.43. The molecule has 0 aliphatic carbocycles. The third-order valence-electron chi connectivity index (χ3n) is 3.89. The highest BCUT2D eigenvalue weighted by Gasteiger charge is 2.21. The van der Waals surface area contributed by atoms with E-state index in [0.29, 0.717) is 0 Å². The summed E-state index contributed by atoms with van der Waals surface area (Å²) < 4.78 is 2.09. The van der Waals surface area contributed by atoms with Crippen molar-refractivity contribution in [2.45, 2.75) is 19.8 Å². The van der Waals surface area contributed by atoms with E-state index in [-0.39, 0.29) is 0 Å². The third-order valence-corrected chi connectivity index (χ3v) is 4.20. The van der Waals surface area contributed by atoms with E-state index in [9.17, 15) is 0 Å². The Balaban J connectivity index is 1.92. The Bertz CT molecular complexity index is 824. The summed E-state index contributed by atoms with van der Waals surface area (Å²) >= 11 is 6.50. The first-order chi connectivity index (χ1) is 10.2. The van der Waals surface area contributed by atoms with Gasteiger partial charge < -0.3 is 0 Å². The van der Waals surface area contributed by atoms with Crippen molar-refractivity contribution in [1.82, 2.24) is 19.7 Å². The number of hydrogen-bond donors (Lipinski definition) is 0. The molecule has 0 amide bonds. The number of nitrogens with zero attached hydrogens (tertiary/aromatic N) is 4. The lowest BCUT2D eigenvalue weighted by Crippen LogP contribution is -2.13. The summed E-state index contributed by atoms with van der Waals surface area (Å²) in [6.07, 6.45) is 5.47. The van der Waals surface area contributed by atoms with Crippen molar-refractivity contribution >= 4 is 11.6 Å². The van der Waals surface area contributed by atoms with Crippen LogP contribution in [-0.4, -0.2) is 19.7 Å². The summed E-state index contributed by atoms with van der Waals surface area (Å²) in [5, 5.41) is 9.12. The molecule has 0 N–H and O–H groups in total. The first-order valence-electron chi connectivity index (χ1n) is 6.88. The lowest BCUT2D eigenvalue weighted by molar-refractivity contribution is 0.767. The SMILES string of the molecule is Cc1nnc2n1-c1cc(Cl)c(-c3cccnc3)cc1CC2. The zero-order valence-electron chi connectivity index (χ0n) is 11.5. The van der Waals surface area contributed by atoms with Crippen LogP contribution in [0.2, 0.25) is 5.02 Å². The number of fused-ring (bicyclic) bond motifs is 3. The lowest BCUT2D eigenvalue weighted by Gasteiger charge is -2.20. The predicted octanol–water partition coefficient (Wildman–Crippen LogP) is 3.39. The Morgan fingerprint density at radius 2 is 2.10 bits per heavy atom. The van der Waals surface area contributed by atoms with Gasteiger partial charge in [0.05, 0.1) is 10.7 Å². The molecule has 0 fully saturated rings. The van der Waals surface area contributed by atoms with E-state index in [1.807, 2.05) is 31.3 Å². The van der Waals surface area contributed by atoms with Gasteiger partial charge in [0, 0.05) is 29.9 Å². The Hall–Kier alpha value is -2.20. The van der Waals surface area contributed by atoms with E-state index in [2.05, 4.69) is 25.8 Å². The van der Waals surface area contributed by atoms with Gasteiger partial charge in [0.15, 0.2) is 0 Å². The maximum atomic E-state index is 6.50. The minimum absolute atomic E-state index is 0.725. The number of pyridine rings is 1. The van der Waals surface area contributed by atoms with Crippen LogP contribution in [0.25, 0.3) is 16.8 Å². The fourth-order valence-electron chi connectivity index (χ4n) is 2.89. The number of rotatable bonds is 1. The molecule has 3 aromatic rings. The fraction of sp³-hybridized carbons (Fsp3) is 0.188. The Morgan fingerprint density at radius 1 is 1.19 bits per heavy atom. The molecule has 0 saturated heterocycles. The summed E-state index contributed by atoms with van der Waals surface area (Å²) in [4.78, 5) is 4.17. The van der Waals surface area contributed by atoms with Crippen LogP contribution in [-0.2, 0) is 12.8 Å². The molecule has 0 radical (unpaired) electrons. The van der Waals surface area contributed by atoms with Gasteiger partial charge in [0.1, 0.15) is 11.6 Å². The fourth-order valence-corrected chi connectivity index (χ4v) is 3.15. The van der Waals surface area contributed by atoms with E-state index in [4.69, 9.17) is 11.6 Å². The molecule has 0 atom stereocenters. The predicted molar refractivity (Wildman–Crippen MR) is 81.7 cm³/mol. The van der Waals surface area contributed by atoms with Crippen molar-refractivity contribution in [3.8, 4) is 16.8 Å². The molecule has 1 aromatic carbocycles. The van der Waals surface area contributed by atoms with Crippen LogP contribution in [0, 0.1) is 6.92 Å². The number of aryl methyl sites for hydroxylation is 3. The average Bonchev–Trinajstić information content (AvgIpc) is 2.89. The molecule has 104 valence electrons. The van der Waals surface area contributed by atoms with Crippen molar-refractivity contribution in [1.29, 1.82) is 0 Å². The molecule has 5 heteroatoms. The van der Waals surface area contributed by atoms with Crippen molar-refractivity contribution in [2.24, 2.45) is 0 Å². The van der Waals surface area contributed by atoms with Crippen molar-refractivity contribution in [2.75, 3.05) is 0 Å². The highest BCUT2D eigenvalue weighted by atomic mass is 35.5. The van der Waals surface area contributed by atoms with Gasteiger partial charge in [-0.05, 0) is 37.1 Å². The van der Waals surface area contributed by atoms with Gasteiger partial charge in [-0.2, -0.15) is 0 Å². The maximum Gasteiger partial charge on any atom is 0.137 e. The molecule has 0 bridgehead atoms. The van der Waals surface area contributed by atoms with E-state index in [0.717, 1.165) is 46.3 Å². The van der Waals surface area contributed by atoms with E-state index in [1.54, 1.807) is 6.20 Å². The number of benzene rings is 1. The van der Waals surface area contributed by atoms with Crippen LogP contribution in [0.15, 0.2) is 36.7 Å². The molecule has 0 spiro atoms. The molecule has 1 aliphatic rings. The second-order valence-corrected chi connectivity index (χ2v) is 5.61. The number of aromatic nitrogens is 4. The Labute approximate surface area is 127 Å². The molecular weight excluding hydrogens is 284 g/mol. The van der Waals surface area contributed by atoms with Crippen LogP contribution < -0.4 is 0 Å². The second-order valence-electron chi connectivity index (χ2n) is 5.20. The van der Waals surface area contributed by atoms with Crippen molar-refractivity contribution < 1.29 is 0 Å². The first kappa shape index (κ1) is 12.5. The standard InChI is InChI=1S/C16H13ClN4/c1-10-19-20-16-5-4-11-7-13(12-3-2-6-18-9-12)14(17)8-15(11)21(10)16/h2-3,6-9H,4-5H2,1H3. The summed E-state index contributed by atoms with van der Waals surface area (Å²) in [7, 11) is 0. The minimum Gasteiger partial charge on any atom is -0.283 e. The van der Waals surface area contributed by atoms with Crippen LogP contribution in [0.1, 0.15) is 17.2 Å². The molecule has 3 heterocycles. The third kappa shape index (κ3) is 1.94. The van der Waals surface area contributed by atoms with Gasteiger partial charge >= 0.3 is 0 Å². The average molecular weight is 297 g/mol. The van der Waals surface area contributed by atoms with Gasteiger partial charge in [-0.3, -0.25) is 9.55 Å². The molecule has 21 heavy (non-hydrogen) atoms. The number of halogens is 1. The summed E-state index contributed by atoms with van der Waals surface area (Å²) in [6.45, 7) is 1.97. The van der Waals surface area contributed by atoms with Gasteiger partial charge in [-0.15, -0.1) is 10.2 Å². The zero-order valence-corrected chi connectivity index (χ0v) is 12.3. The Morgan fingerprint density at radius 3 is 2.90 bits per heavy atom. The first-order valence-corrected chi connectivity index (χ1v) is 7.26. The Kier molecular flexibility index (Phi) is 2.79. The molecule has 4 nitrogen and oxygen atoms in total. The topological polar surface area (TPSA) is 43.6 Å². The largest absolute Gasteiger partial charge is 0.283 e. The van der Waals surface area contributed by atoms with Crippen LogP contribution in [0.3, 0.4) is 0 Å². The minimum atomic E-state index is 0.725. The summed E-state index contributed by atoms with van der Waals surface area (Å²) in [5.74, 6) is 1.90. The van der Waals surface area contributed by atoms with E-state index in [1.165, 1.54) is 5.56 Å². The monoisotopic (exact) mass is 296 g/mol. The normalized spacial score (nSPS) is 12.9. The van der Waals surface area contributed by atoms with Crippen LogP contribution in [0.4, 0.5) is 0 Å². The molecule has 0 unspecified atom stereocenters. The smallest absolute Gasteiger partial charge is 0.137 e. The molecule has 0 saturated carbocycles. The van der Waals surface area contributed by atoms with Crippen LogP contribution in [0.5, 0.6) is 0 Å². The van der Waals surface area contributed by atoms with E-state index >= 15 is 0 Å². The lowest BCUT2D eigenvalue weighted by atomic mass is 9.97. The van der Waals surface area contributed by atoms with E-state index < -0.39 is 0 Å². The highest BCUT2D eigenvalue weighted by Crippen LogP contribution is 2.35. The van der Waals surface area contributed by atoms with Crippen molar-refractivity contribution in [3.63, 3.8) is 0 Å². The molecule has 4 rings (SSSR count). The van der Waals surface area contributed by atoms with Gasteiger partial charge in [-0.1, -0.05) is 17.7 Å². The quantitative estimate of drug-likeness (QED) is 0.691. The zero-order chi connectivity index (χ0) is 14.4. The summed E-state index contributed by atoms with van der Waals surface area (Å²) in [6, 6.07) is 8.13. The molecule has 2 aromatic heterocycles. The second kappa shape index (κ2) is 4.67. The van der Waals surface area contributed by atoms with Gasteiger partial charge in [-0.25, -0.2) is 0 Å². The van der Waals surface area contributed by atoms with Crippen LogP contribution >= 0.6 is 11.6 Å².